The van der Waals surface area contributed by atoms with Gasteiger partial charge in [0, 0.05) is 23.0 Å². The Kier molecular flexibility index (Phi) is 13.3. The molecule has 0 saturated heterocycles. The Hall–Kier alpha value is -2.62. The molecule has 0 aliphatic rings. The van der Waals surface area contributed by atoms with Gasteiger partial charge in [-0.25, -0.2) is 0 Å². The minimum atomic E-state index is 0.647. The van der Waals surface area contributed by atoms with Crippen molar-refractivity contribution in [3.05, 3.63) is 52.4 Å². The molecule has 3 heterocycles. The molecule has 204 valence electrons. The monoisotopic (exact) mass is 505 g/mol. The molecule has 0 aromatic carbocycles. The molecule has 0 amide bonds. The summed E-state index contributed by atoms with van der Waals surface area (Å²) in [5.41, 5.74) is 4.58. The second-order valence-electron chi connectivity index (χ2n) is 10.4. The van der Waals surface area contributed by atoms with Crippen molar-refractivity contribution < 1.29 is 4.74 Å². The van der Waals surface area contributed by atoms with Gasteiger partial charge in [0.05, 0.1) is 23.7 Å². The average Bonchev–Trinajstić information content (AvgIpc) is 3.64. The van der Waals surface area contributed by atoms with E-state index in [0.29, 0.717) is 6.61 Å². The first-order chi connectivity index (χ1) is 18.2. The summed E-state index contributed by atoms with van der Waals surface area (Å²) in [6.45, 7) is 7.25. The number of hydrogen-bond acceptors (Lipinski definition) is 1. The molecule has 3 rings (SSSR count). The molecule has 0 radical (unpaired) electrons. The van der Waals surface area contributed by atoms with E-state index < -0.39 is 0 Å². The number of ether oxygens (including phenoxy) is 1. The Bertz CT molecular complexity index is 1100. The van der Waals surface area contributed by atoms with Crippen LogP contribution in [-0.4, -0.2) is 21.6 Å². The van der Waals surface area contributed by atoms with Crippen LogP contribution < -0.4 is 15.4 Å². The lowest BCUT2D eigenvalue weighted by molar-refractivity contribution is 0.340. The van der Waals surface area contributed by atoms with Crippen LogP contribution in [0.2, 0.25) is 0 Å². The minimum Gasteiger partial charge on any atom is -0.492 e. The molecule has 3 N–H and O–H groups in total. The number of rotatable bonds is 19. The molecular weight excluding hydrogens is 454 g/mol. The number of aromatic amines is 3. The predicted octanol–water partition coefficient (Wildman–Crippen LogP) is 8.39. The molecule has 4 heteroatoms. The van der Waals surface area contributed by atoms with Gasteiger partial charge in [-0.3, -0.25) is 0 Å². The van der Waals surface area contributed by atoms with Crippen LogP contribution in [0, 0.1) is 0 Å². The lowest BCUT2D eigenvalue weighted by Crippen LogP contribution is -2.12. The Morgan fingerprint density at radius 3 is 2.14 bits per heavy atom. The van der Waals surface area contributed by atoms with Crippen LogP contribution in [0.4, 0.5) is 0 Å². The van der Waals surface area contributed by atoms with Gasteiger partial charge >= 0.3 is 0 Å². The second-order valence-corrected chi connectivity index (χ2v) is 10.4. The summed E-state index contributed by atoms with van der Waals surface area (Å²) in [5.74, 6) is 0.896. The molecule has 0 saturated carbocycles. The number of nitrogens with one attached hydrogen (secondary N) is 3. The molecule has 37 heavy (non-hydrogen) atoms. The fraction of sp³-hybridized carbons (Fsp3) is 0.576. The molecule has 0 fully saturated rings. The van der Waals surface area contributed by atoms with Crippen LogP contribution in [0.25, 0.3) is 23.5 Å². The lowest BCUT2D eigenvalue weighted by Gasteiger charge is -2.02. The molecule has 3 aromatic heterocycles. The van der Waals surface area contributed by atoms with E-state index >= 15 is 0 Å². The van der Waals surface area contributed by atoms with Gasteiger partial charge in [-0.2, -0.15) is 0 Å². The van der Waals surface area contributed by atoms with E-state index in [1.807, 2.05) is 19.2 Å². The molecule has 0 aliphatic carbocycles. The second kappa shape index (κ2) is 17.0. The lowest BCUT2D eigenvalue weighted by atomic mass is 10.0. The largest absolute Gasteiger partial charge is 0.492 e. The third-order valence-electron chi connectivity index (χ3n) is 7.21. The summed E-state index contributed by atoms with van der Waals surface area (Å²) >= 11 is 0. The van der Waals surface area contributed by atoms with Crippen molar-refractivity contribution in [2.24, 2.45) is 0 Å². The van der Waals surface area contributed by atoms with Crippen LogP contribution in [-0.2, 0) is 6.42 Å². The van der Waals surface area contributed by atoms with E-state index in [0.717, 1.165) is 41.0 Å². The molecule has 4 nitrogen and oxygen atoms in total. The zero-order valence-corrected chi connectivity index (χ0v) is 23.8. The number of aromatic nitrogens is 3. The third kappa shape index (κ3) is 9.98. The number of H-pyrrole nitrogens is 3. The van der Waals surface area contributed by atoms with Crippen molar-refractivity contribution in [1.29, 1.82) is 0 Å². The first-order valence-electron chi connectivity index (χ1n) is 15.1. The zero-order valence-electron chi connectivity index (χ0n) is 23.8. The fourth-order valence-corrected chi connectivity index (χ4v) is 5.08. The van der Waals surface area contributed by atoms with E-state index in [2.05, 4.69) is 59.2 Å². The molecular formula is C33H51N3O. The molecule has 3 aromatic rings. The minimum absolute atomic E-state index is 0.647. The highest BCUT2D eigenvalue weighted by molar-refractivity contribution is 5.65. The highest BCUT2D eigenvalue weighted by Crippen LogP contribution is 2.27. The first-order valence-corrected chi connectivity index (χ1v) is 15.1. The molecule has 0 aliphatic heterocycles. The van der Waals surface area contributed by atoms with E-state index in [9.17, 15) is 0 Å². The van der Waals surface area contributed by atoms with Crippen LogP contribution in [0.5, 0.6) is 5.75 Å². The van der Waals surface area contributed by atoms with E-state index in [1.54, 1.807) is 0 Å². The summed E-state index contributed by atoms with van der Waals surface area (Å²) in [5, 5.41) is 2.46. The van der Waals surface area contributed by atoms with Gasteiger partial charge < -0.3 is 19.7 Å². The van der Waals surface area contributed by atoms with Gasteiger partial charge in [0.1, 0.15) is 5.75 Å². The SMILES string of the molecule is CCCCCCC=c1[nH]c(=Cc2[nH]c(-c3ccc[nH]3)cc2OCC)cc1CCCCCCCCCCC. The van der Waals surface area contributed by atoms with Crippen LogP contribution >= 0.6 is 0 Å². The smallest absolute Gasteiger partial charge is 0.144 e. The molecule has 0 spiro atoms. The quantitative estimate of drug-likeness (QED) is 0.141. The maximum Gasteiger partial charge on any atom is 0.144 e. The maximum absolute atomic E-state index is 5.96. The Labute approximate surface area is 225 Å². The van der Waals surface area contributed by atoms with Gasteiger partial charge in [-0.1, -0.05) is 90.6 Å². The summed E-state index contributed by atoms with van der Waals surface area (Å²) in [6.07, 6.45) is 26.4. The van der Waals surface area contributed by atoms with Gasteiger partial charge in [-0.15, -0.1) is 0 Å². The average molecular weight is 506 g/mol. The summed E-state index contributed by atoms with van der Waals surface area (Å²) in [6, 6.07) is 8.54. The molecule has 0 atom stereocenters. The maximum atomic E-state index is 5.96. The highest BCUT2D eigenvalue weighted by atomic mass is 16.5. The molecule has 0 unspecified atom stereocenters. The molecule has 0 bridgehead atoms. The van der Waals surface area contributed by atoms with E-state index in [4.69, 9.17) is 4.74 Å². The zero-order chi connectivity index (χ0) is 26.1. The Morgan fingerprint density at radius 1 is 0.757 bits per heavy atom. The standard InChI is InChI=1S/C33H51N3O/c1-4-7-9-11-12-13-14-16-17-20-27-24-28(35-29(27)21-18-15-10-8-5-2)25-32-33(37-6-3)26-31(36-32)30-22-19-23-34-30/h19,21-26,34-36H,4-18,20H2,1-3H3. The van der Waals surface area contributed by atoms with Gasteiger partial charge in [0.2, 0.25) is 0 Å². The van der Waals surface area contributed by atoms with E-state index in [-0.39, 0.29) is 0 Å². The van der Waals surface area contributed by atoms with Crippen molar-refractivity contribution in [2.75, 3.05) is 6.61 Å². The Morgan fingerprint density at radius 2 is 1.46 bits per heavy atom. The van der Waals surface area contributed by atoms with E-state index in [1.165, 1.54) is 94.4 Å². The van der Waals surface area contributed by atoms with Crippen LogP contribution in [0.3, 0.4) is 0 Å². The summed E-state index contributed by atoms with van der Waals surface area (Å²) in [4.78, 5) is 10.6. The predicted molar refractivity (Wildman–Crippen MR) is 160 cm³/mol. The summed E-state index contributed by atoms with van der Waals surface area (Å²) in [7, 11) is 0. The number of unbranched alkanes of at least 4 members (excludes halogenated alkanes) is 12. The normalized spacial score (nSPS) is 12.6. The number of hydrogen-bond donors (Lipinski definition) is 3. The topological polar surface area (TPSA) is 56.6 Å². The van der Waals surface area contributed by atoms with Crippen molar-refractivity contribution in [3.8, 4) is 17.1 Å². The first kappa shape index (κ1) is 28.9. The number of aryl methyl sites for hydroxylation is 1. The van der Waals surface area contributed by atoms with Crippen LogP contribution in [0.1, 0.15) is 122 Å². The summed E-state index contributed by atoms with van der Waals surface area (Å²) < 4.78 is 5.96. The van der Waals surface area contributed by atoms with Gasteiger partial charge in [-0.05, 0) is 62.4 Å². The fourth-order valence-electron chi connectivity index (χ4n) is 5.08. The third-order valence-corrected chi connectivity index (χ3v) is 7.21. The highest BCUT2D eigenvalue weighted by Gasteiger charge is 2.10. The van der Waals surface area contributed by atoms with Crippen molar-refractivity contribution >= 4 is 12.2 Å². The van der Waals surface area contributed by atoms with Crippen LogP contribution in [0.15, 0.2) is 30.5 Å². The van der Waals surface area contributed by atoms with Crippen molar-refractivity contribution in [3.63, 3.8) is 0 Å². The Balaban J connectivity index is 1.70. The van der Waals surface area contributed by atoms with Gasteiger partial charge in [0.25, 0.3) is 0 Å². The van der Waals surface area contributed by atoms with Gasteiger partial charge in [0.15, 0.2) is 0 Å². The van der Waals surface area contributed by atoms with Crippen molar-refractivity contribution in [1.82, 2.24) is 15.0 Å². The van der Waals surface area contributed by atoms with Crippen molar-refractivity contribution in [2.45, 2.75) is 117 Å².